The summed E-state index contributed by atoms with van der Waals surface area (Å²) in [4.78, 5) is 10.1. The van der Waals surface area contributed by atoms with Crippen molar-refractivity contribution in [1.29, 1.82) is 5.26 Å². The van der Waals surface area contributed by atoms with Gasteiger partial charge in [-0.25, -0.2) is 9.97 Å². The summed E-state index contributed by atoms with van der Waals surface area (Å²) in [6, 6.07) is 2.20. The lowest BCUT2D eigenvalue weighted by Crippen LogP contribution is -2.25. The van der Waals surface area contributed by atoms with E-state index in [9.17, 15) is 0 Å². The van der Waals surface area contributed by atoms with Crippen molar-refractivity contribution in [3.05, 3.63) is 17.0 Å². The van der Waals surface area contributed by atoms with Gasteiger partial charge in [0.2, 0.25) is 0 Å². The first-order valence-electron chi connectivity index (χ1n) is 5.20. The zero-order valence-corrected chi connectivity index (χ0v) is 10.5. The van der Waals surface area contributed by atoms with E-state index in [1.165, 1.54) is 6.33 Å². The van der Waals surface area contributed by atoms with Crippen LogP contribution in [0.15, 0.2) is 6.33 Å². The van der Waals surface area contributed by atoms with Crippen molar-refractivity contribution in [2.24, 2.45) is 5.92 Å². The molecule has 1 aromatic heterocycles. The molecule has 86 valence electrons. The third-order valence-corrected chi connectivity index (χ3v) is 2.68. The van der Waals surface area contributed by atoms with E-state index in [1.54, 1.807) is 0 Å². The molecule has 0 aliphatic carbocycles. The Bertz CT molecular complexity index is 399. The molecule has 0 aromatic carbocycles. The van der Waals surface area contributed by atoms with Crippen LogP contribution in [0.3, 0.4) is 0 Å². The van der Waals surface area contributed by atoms with E-state index in [4.69, 9.17) is 16.9 Å². The second-order valence-corrected chi connectivity index (χ2v) is 4.09. The number of nitriles is 1. The molecule has 5 heteroatoms. The zero-order chi connectivity index (χ0) is 12.1. The molecule has 0 radical (unpaired) electrons. The number of halogens is 1. The lowest BCUT2D eigenvalue weighted by Gasteiger charge is -2.21. The maximum Gasteiger partial charge on any atom is 0.137 e. The van der Waals surface area contributed by atoms with Crippen LogP contribution in [0.1, 0.15) is 19.4 Å². The topological polar surface area (TPSA) is 52.8 Å². The van der Waals surface area contributed by atoms with E-state index < -0.39 is 0 Å². The molecule has 4 nitrogen and oxygen atoms in total. The van der Waals surface area contributed by atoms with E-state index in [-0.39, 0.29) is 5.92 Å². The second-order valence-electron chi connectivity index (χ2n) is 3.73. The van der Waals surface area contributed by atoms with Crippen LogP contribution < -0.4 is 4.90 Å². The second kappa shape index (κ2) is 5.66. The molecular formula is C11H15ClN4. The number of aromatic nitrogens is 2. The first kappa shape index (κ1) is 12.7. The predicted molar refractivity (Wildman–Crippen MR) is 64.5 cm³/mol. The van der Waals surface area contributed by atoms with Gasteiger partial charge in [0.1, 0.15) is 17.3 Å². The molecule has 1 heterocycles. The fourth-order valence-electron chi connectivity index (χ4n) is 1.55. The first-order valence-corrected chi connectivity index (χ1v) is 5.58. The van der Waals surface area contributed by atoms with Crippen molar-refractivity contribution < 1.29 is 0 Å². The largest absolute Gasteiger partial charge is 0.358 e. The van der Waals surface area contributed by atoms with Crippen molar-refractivity contribution in [2.45, 2.75) is 20.3 Å². The maximum atomic E-state index is 8.78. The highest BCUT2D eigenvalue weighted by Crippen LogP contribution is 2.23. The Hall–Kier alpha value is -1.34. The normalized spacial score (nSPS) is 11.9. The number of hydrogen-bond donors (Lipinski definition) is 0. The third-order valence-electron chi connectivity index (χ3n) is 2.35. The summed E-state index contributed by atoms with van der Waals surface area (Å²) >= 11 is 6.00. The summed E-state index contributed by atoms with van der Waals surface area (Å²) in [6.07, 6.45) is 2.23. The fourth-order valence-corrected chi connectivity index (χ4v) is 1.82. The molecule has 0 saturated carbocycles. The minimum atomic E-state index is -0.0385. The quantitative estimate of drug-likeness (QED) is 0.756. The Morgan fingerprint density at radius 2 is 2.25 bits per heavy atom. The monoisotopic (exact) mass is 238 g/mol. The molecule has 0 aliphatic rings. The molecule has 1 aromatic rings. The number of nitrogens with zero attached hydrogens (tertiary/aromatic N) is 4. The van der Waals surface area contributed by atoms with E-state index >= 15 is 0 Å². The van der Waals surface area contributed by atoms with Crippen LogP contribution in [-0.4, -0.2) is 23.6 Å². The first-order chi connectivity index (χ1) is 7.60. The van der Waals surface area contributed by atoms with Gasteiger partial charge in [-0.05, 0) is 13.3 Å². The predicted octanol–water partition coefficient (Wildman–Crippen LogP) is 2.29. The Morgan fingerprint density at radius 3 is 2.81 bits per heavy atom. The Balaban J connectivity index is 2.95. The number of rotatable bonds is 4. The highest BCUT2D eigenvalue weighted by atomic mass is 35.5. The standard InChI is InChI=1S/C11H15ClN4/c1-4-9-10(12)14-7-15-11(9)16(3)6-8(2)5-13/h7-8H,4,6H2,1-3H3. The summed E-state index contributed by atoms with van der Waals surface area (Å²) in [5.74, 6) is 0.771. The summed E-state index contributed by atoms with van der Waals surface area (Å²) < 4.78 is 0. The molecule has 1 rings (SSSR count). The Kier molecular flexibility index (Phi) is 4.51. The average Bonchev–Trinajstić information content (AvgIpc) is 2.28. The number of anilines is 1. The average molecular weight is 239 g/mol. The third kappa shape index (κ3) is 2.83. The van der Waals surface area contributed by atoms with Gasteiger partial charge in [0, 0.05) is 19.2 Å². The van der Waals surface area contributed by atoms with Crippen LogP contribution in [0.2, 0.25) is 5.15 Å². The van der Waals surface area contributed by atoms with Gasteiger partial charge in [-0.2, -0.15) is 5.26 Å². The van der Waals surface area contributed by atoms with E-state index in [1.807, 2.05) is 25.8 Å². The lowest BCUT2D eigenvalue weighted by atomic mass is 10.2. The molecule has 0 saturated heterocycles. The van der Waals surface area contributed by atoms with E-state index in [0.29, 0.717) is 11.7 Å². The SMILES string of the molecule is CCc1c(Cl)ncnc1N(C)CC(C)C#N. The van der Waals surface area contributed by atoms with Gasteiger partial charge in [0.25, 0.3) is 0 Å². The molecular weight excluding hydrogens is 224 g/mol. The molecule has 1 unspecified atom stereocenters. The van der Waals surface area contributed by atoms with Gasteiger partial charge >= 0.3 is 0 Å². The van der Waals surface area contributed by atoms with Gasteiger partial charge in [-0.1, -0.05) is 18.5 Å². The maximum absolute atomic E-state index is 8.78. The minimum absolute atomic E-state index is 0.0385. The van der Waals surface area contributed by atoms with Gasteiger partial charge in [-0.3, -0.25) is 0 Å². The lowest BCUT2D eigenvalue weighted by molar-refractivity contribution is 0.706. The van der Waals surface area contributed by atoms with Gasteiger partial charge in [-0.15, -0.1) is 0 Å². The Labute approximate surface area is 101 Å². The van der Waals surface area contributed by atoms with Crippen LogP contribution in [0, 0.1) is 17.2 Å². The zero-order valence-electron chi connectivity index (χ0n) is 9.74. The van der Waals surface area contributed by atoms with Crippen molar-refractivity contribution >= 4 is 17.4 Å². The highest BCUT2D eigenvalue weighted by molar-refractivity contribution is 6.30. The minimum Gasteiger partial charge on any atom is -0.358 e. The molecule has 0 spiro atoms. The number of hydrogen-bond acceptors (Lipinski definition) is 4. The fraction of sp³-hybridized carbons (Fsp3) is 0.545. The van der Waals surface area contributed by atoms with Crippen molar-refractivity contribution in [2.75, 3.05) is 18.5 Å². The van der Waals surface area contributed by atoms with Crippen molar-refractivity contribution in [3.63, 3.8) is 0 Å². The van der Waals surface area contributed by atoms with Crippen molar-refractivity contribution in [1.82, 2.24) is 9.97 Å². The molecule has 0 N–H and O–H groups in total. The summed E-state index contributed by atoms with van der Waals surface area (Å²) in [5.41, 5.74) is 0.928. The van der Waals surface area contributed by atoms with Gasteiger partial charge in [0.15, 0.2) is 0 Å². The smallest absolute Gasteiger partial charge is 0.137 e. The van der Waals surface area contributed by atoms with Crippen LogP contribution in [0.5, 0.6) is 0 Å². The molecule has 0 fully saturated rings. The summed E-state index contributed by atoms with van der Waals surface area (Å²) in [5, 5.41) is 9.27. The van der Waals surface area contributed by atoms with Gasteiger partial charge in [0.05, 0.1) is 12.0 Å². The van der Waals surface area contributed by atoms with E-state index in [2.05, 4.69) is 16.0 Å². The van der Waals surface area contributed by atoms with Crippen LogP contribution >= 0.6 is 11.6 Å². The summed E-state index contributed by atoms with van der Waals surface area (Å²) in [6.45, 7) is 4.53. The summed E-state index contributed by atoms with van der Waals surface area (Å²) in [7, 11) is 1.91. The van der Waals surface area contributed by atoms with Crippen LogP contribution in [-0.2, 0) is 6.42 Å². The van der Waals surface area contributed by atoms with E-state index in [0.717, 1.165) is 17.8 Å². The molecule has 0 aliphatic heterocycles. The molecule has 0 amide bonds. The van der Waals surface area contributed by atoms with Crippen molar-refractivity contribution in [3.8, 4) is 6.07 Å². The van der Waals surface area contributed by atoms with Gasteiger partial charge < -0.3 is 4.90 Å². The Morgan fingerprint density at radius 1 is 1.56 bits per heavy atom. The highest BCUT2D eigenvalue weighted by Gasteiger charge is 2.13. The molecule has 1 atom stereocenters. The van der Waals surface area contributed by atoms with Crippen LogP contribution in [0.25, 0.3) is 0 Å². The van der Waals surface area contributed by atoms with Crippen LogP contribution in [0.4, 0.5) is 5.82 Å². The molecule has 0 bridgehead atoms. The molecule has 16 heavy (non-hydrogen) atoms.